The van der Waals surface area contributed by atoms with E-state index in [1.54, 1.807) is 12.4 Å². The first-order chi connectivity index (χ1) is 9.58. The van der Waals surface area contributed by atoms with Gasteiger partial charge in [-0.15, -0.1) is 0 Å². The van der Waals surface area contributed by atoms with E-state index in [2.05, 4.69) is 15.5 Å². The first-order valence-corrected chi connectivity index (χ1v) is 6.19. The van der Waals surface area contributed by atoms with Crippen LogP contribution in [-0.4, -0.2) is 21.8 Å². The Kier molecular flexibility index (Phi) is 4.32. The van der Waals surface area contributed by atoms with E-state index in [-0.39, 0.29) is 5.56 Å². The minimum atomic E-state index is -1.01. The van der Waals surface area contributed by atoms with Gasteiger partial charge in [-0.05, 0) is 37.3 Å². The Morgan fingerprint density at radius 1 is 1.25 bits per heavy atom. The number of pyridine rings is 1. The molecule has 1 aromatic carbocycles. The van der Waals surface area contributed by atoms with Crippen LogP contribution in [-0.2, 0) is 0 Å². The molecule has 0 aliphatic rings. The van der Waals surface area contributed by atoms with Crippen LogP contribution in [0, 0.1) is 0 Å². The van der Waals surface area contributed by atoms with E-state index >= 15 is 0 Å². The van der Waals surface area contributed by atoms with Crippen molar-refractivity contribution in [2.24, 2.45) is 5.10 Å². The lowest BCUT2D eigenvalue weighted by molar-refractivity contribution is 0.0697. The number of hydrogen-bond acceptors (Lipinski definition) is 4. The fourth-order valence-electron chi connectivity index (χ4n) is 1.55. The van der Waals surface area contributed by atoms with E-state index < -0.39 is 5.97 Å². The Balaban J connectivity index is 2.22. The molecule has 0 saturated heterocycles. The molecule has 5 nitrogen and oxygen atoms in total. The Bertz CT molecular complexity index is 657. The number of nitrogens with one attached hydrogen (secondary N) is 1. The zero-order chi connectivity index (χ0) is 14.5. The van der Waals surface area contributed by atoms with Crippen LogP contribution in [0.2, 0.25) is 5.02 Å². The molecule has 1 heterocycles. The van der Waals surface area contributed by atoms with E-state index in [4.69, 9.17) is 16.7 Å². The maximum Gasteiger partial charge on any atom is 0.335 e. The lowest BCUT2D eigenvalue weighted by Crippen LogP contribution is -2.02. The summed E-state index contributed by atoms with van der Waals surface area (Å²) < 4.78 is 0. The van der Waals surface area contributed by atoms with Crippen molar-refractivity contribution >= 4 is 29.0 Å². The summed E-state index contributed by atoms with van der Waals surface area (Å²) >= 11 is 6.00. The van der Waals surface area contributed by atoms with E-state index in [9.17, 15) is 4.79 Å². The molecule has 20 heavy (non-hydrogen) atoms. The highest BCUT2D eigenvalue weighted by Crippen LogP contribution is 2.23. The lowest BCUT2D eigenvalue weighted by Gasteiger charge is -2.06. The molecular formula is C14H12ClN3O2. The highest BCUT2D eigenvalue weighted by molar-refractivity contribution is 6.33. The van der Waals surface area contributed by atoms with Gasteiger partial charge >= 0.3 is 5.97 Å². The van der Waals surface area contributed by atoms with Gasteiger partial charge in [0.1, 0.15) is 0 Å². The molecule has 0 aliphatic heterocycles. The molecule has 0 saturated carbocycles. The second kappa shape index (κ2) is 6.16. The van der Waals surface area contributed by atoms with Crippen LogP contribution in [0.25, 0.3) is 0 Å². The summed E-state index contributed by atoms with van der Waals surface area (Å²) in [4.78, 5) is 14.8. The fourth-order valence-corrected chi connectivity index (χ4v) is 1.71. The number of carboxylic acid groups (broad SMARTS) is 1. The number of anilines is 1. The highest BCUT2D eigenvalue weighted by Gasteiger charge is 2.07. The Morgan fingerprint density at radius 2 is 1.95 bits per heavy atom. The molecule has 2 rings (SSSR count). The van der Waals surface area contributed by atoms with Gasteiger partial charge in [0, 0.05) is 18.0 Å². The first-order valence-electron chi connectivity index (χ1n) is 5.81. The number of aromatic carboxylic acids is 1. The molecule has 0 fully saturated rings. The molecule has 2 aromatic rings. The number of rotatable bonds is 4. The normalized spacial score (nSPS) is 11.2. The fraction of sp³-hybridized carbons (Fsp3) is 0.0714. The molecule has 102 valence electrons. The summed E-state index contributed by atoms with van der Waals surface area (Å²) in [7, 11) is 0. The maximum atomic E-state index is 10.9. The molecular weight excluding hydrogens is 278 g/mol. The number of hydrazone groups is 1. The van der Waals surface area contributed by atoms with E-state index in [1.165, 1.54) is 18.2 Å². The van der Waals surface area contributed by atoms with Crippen molar-refractivity contribution in [3.8, 4) is 0 Å². The third-order valence-corrected chi connectivity index (χ3v) is 2.99. The predicted molar refractivity (Wildman–Crippen MR) is 78.5 cm³/mol. The summed E-state index contributed by atoms with van der Waals surface area (Å²) in [5.74, 6) is -1.01. The largest absolute Gasteiger partial charge is 0.478 e. The summed E-state index contributed by atoms with van der Waals surface area (Å²) in [6.07, 6.45) is 3.35. The number of benzene rings is 1. The second-order valence-corrected chi connectivity index (χ2v) is 4.45. The lowest BCUT2D eigenvalue weighted by atomic mass is 10.2. The van der Waals surface area contributed by atoms with Gasteiger partial charge in [-0.3, -0.25) is 10.4 Å². The Morgan fingerprint density at radius 3 is 2.60 bits per heavy atom. The van der Waals surface area contributed by atoms with Crippen molar-refractivity contribution in [3.63, 3.8) is 0 Å². The van der Waals surface area contributed by atoms with Gasteiger partial charge in [0.05, 0.1) is 22.0 Å². The minimum absolute atomic E-state index is 0.147. The Labute approximate surface area is 120 Å². The summed E-state index contributed by atoms with van der Waals surface area (Å²) in [5, 5.41) is 13.5. The van der Waals surface area contributed by atoms with Crippen molar-refractivity contribution in [1.29, 1.82) is 0 Å². The van der Waals surface area contributed by atoms with E-state index in [0.717, 1.165) is 11.3 Å². The molecule has 0 radical (unpaired) electrons. The van der Waals surface area contributed by atoms with Gasteiger partial charge in [-0.1, -0.05) is 11.6 Å². The molecule has 0 amide bonds. The van der Waals surface area contributed by atoms with Crippen molar-refractivity contribution in [2.75, 3.05) is 5.43 Å². The van der Waals surface area contributed by atoms with Crippen LogP contribution in [0.5, 0.6) is 0 Å². The van der Waals surface area contributed by atoms with Gasteiger partial charge in [0.15, 0.2) is 0 Å². The van der Waals surface area contributed by atoms with Crippen LogP contribution >= 0.6 is 11.6 Å². The summed E-state index contributed by atoms with van der Waals surface area (Å²) in [6.45, 7) is 1.83. The molecule has 0 aliphatic carbocycles. The van der Waals surface area contributed by atoms with E-state index in [1.807, 2.05) is 19.1 Å². The Hall–Kier alpha value is -2.40. The average Bonchev–Trinajstić information content (AvgIpc) is 2.46. The van der Waals surface area contributed by atoms with Crippen LogP contribution in [0.1, 0.15) is 22.8 Å². The van der Waals surface area contributed by atoms with Gasteiger partial charge in [-0.2, -0.15) is 5.10 Å². The third-order valence-electron chi connectivity index (χ3n) is 2.66. The quantitative estimate of drug-likeness (QED) is 0.669. The molecule has 0 unspecified atom stereocenters. The molecule has 1 aromatic heterocycles. The van der Waals surface area contributed by atoms with Crippen LogP contribution in [0.3, 0.4) is 0 Å². The molecule has 0 bridgehead atoms. The second-order valence-electron chi connectivity index (χ2n) is 4.04. The number of halogens is 1. The number of aromatic nitrogens is 1. The van der Waals surface area contributed by atoms with Crippen molar-refractivity contribution < 1.29 is 9.90 Å². The number of carbonyl (C=O) groups is 1. The van der Waals surface area contributed by atoms with Crippen molar-refractivity contribution in [1.82, 2.24) is 4.98 Å². The van der Waals surface area contributed by atoms with Gasteiger partial charge in [0.2, 0.25) is 0 Å². The number of carboxylic acids is 1. The molecule has 0 atom stereocenters. The van der Waals surface area contributed by atoms with Gasteiger partial charge in [-0.25, -0.2) is 4.79 Å². The van der Waals surface area contributed by atoms with Crippen LogP contribution in [0.4, 0.5) is 5.69 Å². The minimum Gasteiger partial charge on any atom is -0.478 e. The molecule has 2 N–H and O–H groups in total. The van der Waals surface area contributed by atoms with Crippen molar-refractivity contribution in [2.45, 2.75) is 6.92 Å². The monoisotopic (exact) mass is 289 g/mol. The average molecular weight is 290 g/mol. The van der Waals surface area contributed by atoms with E-state index in [0.29, 0.717) is 10.7 Å². The topological polar surface area (TPSA) is 74.6 Å². The zero-order valence-electron chi connectivity index (χ0n) is 10.7. The van der Waals surface area contributed by atoms with Crippen molar-refractivity contribution in [3.05, 3.63) is 58.9 Å². The maximum absolute atomic E-state index is 10.9. The van der Waals surface area contributed by atoms with Crippen LogP contribution < -0.4 is 5.43 Å². The number of nitrogens with zero attached hydrogens (tertiary/aromatic N) is 2. The van der Waals surface area contributed by atoms with Gasteiger partial charge < -0.3 is 5.11 Å². The standard InChI is InChI=1S/C14H12ClN3O2/c1-9(10-4-6-16-7-5-10)17-18-13-8-11(14(19)20)2-3-12(13)15/h2-8,18H,1H3,(H,19,20)/b17-9-. The smallest absolute Gasteiger partial charge is 0.335 e. The van der Waals surface area contributed by atoms with Crippen LogP contribution in [0.15, 0.2) is 47.8 Å². The molecule has 0 spiro atoms. The highest BCUT2D eigenvalue weighted by atomic mass is 35.5. The zero-order valence-corrected chi connectivity index (χ0v) is 11.4. The SMILES string of the molecule is C/C(=N/Nc1cc(C(=O)O)ccc1Cl)c1ccncc1. The molecule has 6 heteroatoms. The first kappa shape index (κ1) is 14.0. The predicted octanol–water partition coefficient (Wildman–Crippen LogP) is 3.27. The number of hydrogen-bond donors (Lipinski definition) is 2. The third kappa shape index (κ3) is 3.33. The summed E-state index contributed by atoms with van der Waals surface area (Å²) in [6, 6.07) is 8.06. The van der Waals surface area contributed by atoms with Gasteiger partial charge in [0.25, 0.3) is 0 Å². The summed E-state index contributed by atoms with van der Waals surface area (Å²) in [5.41, 5.74) is 5.02.